The number of hydrogen-bond acceptors (Lipinski definition) is 3. The highest BCUT2D eigenvalue weighted by Gasteiger charge is 2.26. The Labute approximate surface area is 170 Å². The van der Waals surface area contributed by atoms with Gasteiger partial charge < -0.3 is 16.4 Å². The van der Waals surface area contributed by atoms with Crippen LogP contribution in [0.4, 0.5) is 4.39 Å². The molecule has 6 nitrogen and oxygen atoms in total. The average Bonchev–Trinajstić information content (AvgIpc) is 2.63. The number of amides is 3. The lowest BCUT2D eigenvalue weighted by molar-refractivity contribution is -0.130. The molecule has 0 radical (unpaired) electrons. The fourth-order valence-corrected chi connectivity index (χ4v) is 3.14. The Morgan fingerprint density at radius 2 is 1.64 bits per heavy atom. The van der Waals surface area contributed by atoms with Crippen LogP contribution in [0.15, 0.2) is 53.0 Å². The lowest BCUT2D eigenvalue weighted by Gasteiger charge is -2.22. The van der Waals surface area contributed by atoms with Crippen LogP contribution in [0.1, 0.15) is 18.1 Å². The summed E-state index contributed by atoms with van der Waals surface area (Å²) in [5.74, 6) is -2.03. The number of hydrogen-bond donors (Lipinski definition) is 3. The first-order valence-corrected chi connectivity index (χ1v) is 9.40. The van der Waals surface area contributed by atoms with Gasteiger partial charge >= 0.3 is 0 Å². The normalized spacial score (nSPS) is 12.7. The van der Waals surface area contributed by atoms with Gasteiger partial charge in [0.05, 0.1) is 0 Å². The van der Waals surface area contributed by atoms with Crippen molar-refractivity contribution in [2.75, 3.05) is 0 Å². The Kier molecular flexibility index (Phi) is 7.69. The van der Waals surface area contributed by atoms with E-state index < -0.39 is 35.6 Å². The van der Waals surface area contributed by atoms with Crippen LogP contribution in [-0.4, -0.2) is 29.8 Å². The molecule has 8 heteroatoms. The summed E-state index contributed by atoms with van der Waals surface area (Å²) in [6, 6.07) is 11.0. The highest BCUT2D eigenvalue weighted by molar-refractivity contribution is 9.10. The second-order valence-corrected chi connectivity index (χ2v) is 7.20. The maximum atomic E-state index is 13.1. The van der Waals surface area contributed by atoms with Crippen molar-refractivity contribution < 1.29 is 18.8 Å². The van der Waals surface area contributed by atoms with Crippen molar-refractivity contribution in [2.24, 2.45) is 5.73 Å². The van der Waals surface area contributed by atoms with Gasteiger partial charge in [-0.15, -0.1) is 0 Å². The lowest BCUT2D eigenvalue weighted by atomic mass is 10.0. The molecule has 0 unspecified atom stereocenters. The number of halogens is 2. The van der Waals surface area contributed by atoms with Crippen LogP contribution >= 0.6 is 15.9 Å². The van der Waals surface area contributed by atoms with Gasteiger partial charge in [-0.25, -0.2) is 4.39 Å². The summed E-state index contributed by atoms with van der Waals surface area (Å²) in [6.07, 6.45) is 0.345. The van der Waals surface area contributed by atoms with Crippen LogP contribution in [0.25, 0.3) is 0 Å². The van der Waals surface area contributed by atoms with Gasteiger partial charge in [-0.2, -0.15) is 0 Å². The first-order valence-electron chi connectivity index (χ1n) is 8.61. The van der Waals surface area contributed by atoms with E-state index in [1.165, 1.54) is 31.2 Å². The molecule has 148 valence electrons. The predicted molar refractivity (Wildman–Crippen MR) is 107 cm³/mol. The topological polar surface area (TPSA) is 101 Å². The highest BCUT2D eigenvalue weighted by Crippen LogP contribution is 2.17. The fourth-order valence-electron chi connectivity index (χ4n) is 2.69. The first-order chi connectivity index (χ1) is 13.3. The minimum Gasteiger partial charge on any atom is -0.368 e. The maximum absolute atomic E-state index is 13.1. The molecular weight excluding hydrogens is 429 g/mol. The van der Waals surface area contributed by atoms with Crippen molar-refractivity contribution in [1.82, 2.24) is 10.6 Å². The van der Waals surface area contributed by atoms with Crippen LogP contribution in [-0.2, 0) is 27.2 Å². The molecule has 2 aromatic carbocycles. The summed E-state index contributed by atoms with van der Waals surface area (Å²) in [5, 5.41) is 5.16. The Morgan fingerprint density at radius 3 is 2.21 bits per heavy atom. The zero-order chi connectivity index (χ0) is 20.7. The minimum absolute atomic E-state index is 0.145. The second kappa shape index (κ2) is 9.98. The number of benzene rings is 2. The molecular formula is C20H21BrFN3O3. The van der Waals surface area contributed by atoms with E-state index in [-0.39, 0.29) is 12.8 Å². The minimum atomic E-state index is -0.948. The fraction of sp³-hybridized carbons (Fsp3) is 0.250. The standard InChI is InChI=1S/C20H21BrFN3O3/c1-12(26)24-18(10-13-6-8-15(22)9-7-13)20(28)25-17(19(23)27)11-14-4-2-3-5-16(14)21/h2-9,17-18H,10-11H2,1H3,(H2,23,27)(H,24,26)(H,25,28)/t17-,18+/m0/s1. The molecule has 0 aliphatic rings. The van der Waals surface area contributed by atoms with Gasteiger partial charge in [-0.1, -0.05) is 46.3 Å². The maximum Gasteiger partial charge on any atom is 0.243 e. The molecule has 0 aliphatic heterocycles. The van der Waals surface area contributed by atoms with E-state index in [0.717, 1.165) is 10.0 Å². The van der Waals surface area contributed by atoms with Crippen molar-refractivity contribution in [1.29, 1.82) is 0 Å². The quantitative estimate of drug-likeness (QED) is 0.572. The monoisotopic (exact) mass is 449 g/mol. The Bertz CT molecular complexity index is 858. The van der Waals surface area contributed by atoms with Gasteiger partial charge in [0.1, 0.15) is 17.9 Å². The van der Waals surface area contributed by atoms with E-state index in [0.29, 0.717) is 5.56 Å². The highest BCUT2D eigenvalue weighted by atomic mass is 79.9. The van der Waals surface area contributed by atoms with Crippen LogP contribution in [0, 0.1) is 5.82 Å². The van der Waals surface area contributed by atoms with Crippen molar-refractivity contribution in [3.05, 3.63) is 69.9 Å². The van der Waals surface area contributed by atoms with Crippen molar-refractivity contribution >= 4 is 33.7 Å². The first kappa shape index (κ1) is 21.6. The average molecular weight is 450 g/mol. The Hall–Kier alpha value is -2.74. The van der Waals surface area contributed by atoms with Crippen molar-refractivity contribution in [3.63, 3.8) is 0 Å². The van der Waals surface area contributed by atoms with E-state index in [1.54, 1.807) is 0 Å². The molecule has 3 amide bonds. The third-order valence-corrected chi connectivity index (χ3v) is 4.86. The van der Waals surface area contributed by atoms with Crippen LogP contribution < -0.4 is 16.4 Å². The predicted octanol–water partition coefficient (Wildman–Crippen LogP) is 1.85. The Balaban J connectivity index is 2.14. The molecule has 0 heterocycles. The van der Waals surface area contributed by atoms with E-state index in [9.17, 15) is 18.8 Å². The molecule has 0 aliphatic carbocycles. The zero-order valence-corrected chi connectivity index (χ0v) is 16.8. The summed E-state index contributed by atoms with van der Waals surface area (Å²) >= 11 is 3.40. The van der Waals surface area contributed by atoms with Gasteiger partial charge in [-0.05, 0) is 29.3 Å². The smallest absolute Gasteiger partial charge is 0.243 e. The van der Waals surface area contributed by atoms with Gasteiger partial charge in [-0.3, -0.25) is 14.4 Å². The van der Waals surface area contributed by atoms with Gasteiger partial charge in [0, 0.05) is 24.2 Å². The summed E-state index contributed by atoms with van der Waals surface area (Å²) in [6.45, 7) is 1.29. The molecule has 0 fully saturated rings. The number of carbonyl (C=O) groups is 3. The van der Waals surface area contributed by atoms with Crippen LogP contribution in [0.5, 0.6) is 0 Å². The summed E-state index contributed by atoms with van der Waals surface area (Å²) < 4.78 is 13.9. The third kappa shape index (κ3) is 6.45. The molecule has 0 aromatic heterocycles. The number of rotatable bonds is 8. The van der Waals surface area contributed by atoms with E-state index >= 15 is 0 Å². The molecule has 2 atom stereocenters. The van der Waals surface area contributed by atoms with E-state index in [4.69, 9.17) is 5.73 Å². The van der Waals surface area contributed by atoms with Crippen LogP contribution in [0.2, 0.25) is 0 Å². The summed E-state index contributed by atoms with van der Waals surface area (Å²) in [5.41, 5.74) is 6.93. The van der Waals surface area contributed by atoms with Gasteiger partial charge in [0.2, 0.25) is 17.7 Å². The molecule has 28 heavy (non-hydrogen) atoms. The van der Waals surface area contributed by atoms with Gasteiger partial charge in [0.15, 0.2) is 0 Å². The van der Waals surface area contributed by atoms with Crippen LogP contribution in [0.3, 0.4) is 0 Å². The number of nitrogens with one attached hydrogen (secondary N) is 2. The second-order valence-electron chi connectivity index (χ2n) is 6.34. The Morgan fingerprint density at radius 1 is 1.00 bits per heavy atom. The SMILES string of the molecule is CC(=O)N[C@H](Cc1ccc(F)cc1)C(=O)N[C@@H](Cc1ccccc1Br)C(N)=O. The molecule has 0 saturated heterocycles. The zero-order valence-electron chi connectivity index (χ0n) is 15.2. The molecule has 4 N–H and O–H groups in total. The lowest BCUT2D eigenvalue weighted by Crippen LogP contribution is -2.54. The number of nitrogens with two attached hydrogens (primary N) is 1. The molecule has 0 spiro atoms. The number of carbonyl (C=O) groups excluding carboxylic acids is 3. The molecule has 2 aromatic rings. The van der Waals surface area contributed by atoms with Crippen molar-refractivity contribution in [3.8, 4) is 0 Å². The summed E-state index contributed by atoms with van der Waals surface area (Å²) in [7, 11) is 0. The number of primary amides is 1. The van der Waals surface area contributed by atoms with E-state index in [2.05, 4.69) is 26.6 Å². The molecule has 0 saturated carbocycles. The third-order valence-electron chi connectivity index (χ3n) is 4.09. The largest absolute Gasteiger partial charge is 0.368 e. The van der Waals surface area contributed by atoms with Crippen molar-refractivity contribution in [2.45, 2.75) is 31.8 Å². The molecule has 2 rings (SSSR count). The van der Waals surface area contributed by atoms with E-state index in [1.807, 2.05) is 24.3 Å². The van der Waals surface area contributed by atoms with Gasteiger partial charge in [0.25, 0.3) is 0 Å². The summed E-state index contributed by atoms with van der Waals surface area (Å²) in [4.78, 5) is 36.1. The molecule has 0 bridgehead atoms.